The Bertz CT molecular complexity index is 127. The zero-order valence-electron chi connectivity index (χ0n) is 11.1. The largest absolute Gasteiger partial charge is 1.00 e. The van der Waals surface area contributed by atoms with Gasteiger partial charge in [0.15, 0.2) is 0 Å². The molecule has 0 aliphatic heterocycles. The first kappa shape index (κ1) is 22.9. The van der Waals surface area contributed by atoms with E-state index in [1.165, 1.54) is 0 Å². The Morgan fingerprint density at radius 2 is 0.867 bits per heavy atom. The van der Waals surface area contributed by atoms with E-state index in [0.717, 1.165) is 0 Å². The maximum atomic E-state index is 2.44. The van der Waals surface area contributed by atoms with Gasteiger partial charge in [0, 0.05) is 0 Å². The van der Waals surface area contributed by atoms with E-state index in [2.05, 4.69) is 38.1 Å². The summed E-state index contributed by atoms with van der Waals surface area (Å²) < 4.78 is 3.26. The van der Waals surface area contributed by atoms with Gasteiger partial charge in [-0.15, -0.1) is 13.1 Å². The van der Waals surface area contributed by atoms with Gasteiger partial charge < -0.3 is 47.0 Å². The van der Waals surface area contributed by atoms with Crippen molar-refractivity contribution in [3.8, 4) is 0 Å². The average Bonchev–Trinajstić information content (AvgIpc) is 2.07. The molecule has 0 rings (SSSR count). The van der Waals surface area contributed by atoms with Crippen LogP contribution in [-0.2, 0) is 0 Å². The van der Waals surface area contributed by atoms with E-state index in [1.807, 2.05) is 47.0 Å². The molecule has 15 heavy (non-hydrogen) atoms. The second-order valence-electron chi connectivity index (χ2n) is 3.02. The summed E-state index contributed by atoms with van der Waals surface area (Å²) >= 11 is 7.72. The maximum Gasteiger partial charge on any atom is 1.00 e. The van der Waals surface area contributed by atoms with E-state index in [0.29, 0.717) is 0 Å². The molecule has 0 aliphatic carbocycles. The number of hydrogen-bond donors (Lipinski definition) is 0. The summed E-state index contributed by atoms with van der Waals surface area (Å²) in [5.74, 6) is 0. The van der Waals surface area contributed by atoms with Gasteiger partial charge in [0.1, 0.15) is 0 Å². The van der Waals surface area contributed by atoms with Crippen molar-refractivity contribution < 1.29 is 37.7 Å². The Balaban J connectivity index is -0.000000720. The van der Waals surface area contributed by atoms with Crippen molar-refractivity contribution in [3.05, 3.63) is 8.41 Å². The molecule has 0 aromatic rings. The molecule has 0 radical (unpaired) electrons. The predicted octanol–water partition coefficient (Wildman–Crippen LogP) is -1.79. The van der Waals surface area contributed by atoms with E-state index in [1.54, 1.807) is 8.41 Å². The van der Waals surface area contributed by atoms with Crippen molar-refractivity contribution in [3.63, 3.8) is 0 Å². The molecule has 0 amide bonds. The summed E-state index contributed by atoms with van der Waals surface area (Å²) in [6.07, 6.45) is 8.77. The third kappa shape index (κ3) is 7.09. The van der Waals surface area contributed by atoms with Crippen LogP contribution in [0.3, 0.4) is 0 Å². The summed E-state index contributed by atoms with van der Waals surface area (Å²) in [4.78, 5) is 0. The normalized spacial score (nSPS) is 11.2. The SMILES string of the molecule is CS[C-](SC)[Si](C)(C)[C-](SC)SC.[Li+].[Li+]. The average molecular weight is 284 g/mol. The van der Waals surface area contributed by atoms with Crippen molar-refractivity contribution in [1.82, 2.24) is 0 Å². The minimum absolute atomic E-state index is 0. The van der Waals surface area contributed by atoms with Crippen molar-refractivity contribution in [1.29, 1.82) is 0 Å². The van der Waals surface area contributed by atoms with E-state index < -0.39 is 8.07 Å². The monoisotopic (exact) mass is 284 g/mol. The molecule has 0 aromatic heterocycles. The van der Waals surface area contributed by atoms with Crippen molar-refractivity contribution in [2.24, 2.45) is 0 Å². The Morgan fingerprint density at radius 1 is 0.667 bits per heavy atom. The van der Waals surface area contributed by atoms with Crippen LogP contribution in [0.5, 0.6) is 0 Å². The second-order valence-corrected chi connectivity index (χ2v) is 12.5. The Hall–Kier alpha value is 2.81. The molecule has 0 N–H and O–H groups in total. The quantitative estimate of drug-likeness (QED) is 0.417. The van der Waals surface area contributed by atoms with Gasteiger partial charge in [0.05, 0.1) is 0 Å². The zero-order valence-corrected chi connectivity index (χ0v) is 15.4. The number of hydrogen-bond acceptors (Lipinski definition) is 4. The maximum absolute atomic E-state index is 2.44. The zero-order chi connectivity index (χ0) is 10.5. The van der Waals surface area contributed by atoms with Gasteiger partial charge in [-0.05, 0) is 25.0 Å². The smallest absolute Gasteiger partial charge is 0.344 e. The summed E-state index contributed by atoms with van der Waals surface area (Å²) in [5.41, 5.74) is 0. The molecular formula is C8H18Li2S4Si. The molecule has 0 bridgehead atoms. The van der Waals surface area contributed by atoms with Crippen LogP contribution in [0.15, 0.2) is 0 Å². The van der Waals surface area contributed by atoms with Crippen LogP contribution in [0.1, 0.15) is 0 Å². The van der Waals surface area contributed by atoms with E-state index >= 15 is 0 Å². The van der Waals surface area contributed by atoms with Gasteiger partial charge in [0.2, 0.25) is 0 Å². The van der Waals surface area contributed by atoms with E-state index in [-0.39, 0.29) is 37.7 Å². The van der Waals surface area contributed by atoms with Crippen molar-refractivity contribution in [2.75, 3.05) is 25.0 Å². The Morgan fingerprint density at radius 3 is 1.00 bits per heavy atom. The van der Waals surface area contributed by atoms with Crippen LogP contribution in [0.4, 0.5) is 0 Å². The summed E-state index contributed by atoms with van der Waals surface area (Å²) in [5, 5.41) is 0. The second kappa shape index (κ2) is 11.9. The van der Waals surface area contributed by atoms with Gasteiger partial charge in [-0.25, -0.2) is 16.5 Å². The van der Waals surface area contributed by atoms with Gasteiger partial charge in [-0.1, -0.05) is 0 Å². The van der Waals surface area contributed by atoms with Crippen molar-refractivity contribution >= 4 is 55.1 Å². The van der Waals surface area contributed by atoms with Gasteiger partial charge >= 0.3 is 37.7 Å². The molecule has 80 valence electrons. The van der Waals surface area contributed by atoms with Crippen LogP contribution in [0.2, 0.25) is 13.1 Å². The van der Waals surface area contributed by atoms with E-state index in [9.17, 15) is 0 Å². The third-order valence-corrected chi connectivity index (χ3v) is 15.9. The Kier molecular flexibility index (Phi) is 18.2. The summed E-state index contributed by atoms with van der Waals surface area (Å²) in [7, 11) is -1.28. The molecule has 0 unspecified atom stereocenters. The molecule has 0 heterocycles. The van der Waals surface area contributed by atoms with Gasteiger partial charge in [0.25, 0.3) is 0 Å². The topological polar surface area (TPSA) is 0 Å². The predicted molar refractivity (Wildman–Crippen MR) is 78.0 cm³/mol. The van der Waals surface area contributed by atoms with Crippen LogP contribution in [-0.4, -0.2) is 33.1 Å². The molecule has 7 heteroatoms. The van der Waals surface area contributed by atoms with Gasteiger partial charge in [-0.3, -0.25) is 0 Å². The fourth-order valence-corrected chi connectivity index (χ4v) is 12.9. The molecule has 0 nitrogen and oxygen atoms in total. The third-order valence-electron chi connectivity index (χ3n) is 1.76. The van der Waals surface area contributed by atoms with E-state index in [4.69, 9.17) is 0 Å². The number of thioether (sulfide) groups is 4. The fraction of sp³-hybridized carbons (Fsp3) is 0.750. The first-order chi connectivity index (χ1) is 6.04. The molecule has 0 atom stereocenters. The molecule has 0 fully saturated rings. The Labute approximate surface area is 138 Å². The molecule has 0 aromatic carbocycles. The van der Waals surface area contributed by atoms with Crippen LogP contribution >= 0.6 is 47.0 Å². The van der Waals surface area contributed by atoms with Gasteiger partial charge in [-0.2, -0.15) is 0 Å². The first-order valence-electron chi connectivity index (χ1n) is 3.95. The van der Waals surface area contributed by atoms with Crippen LogP contribution in [0, 0.1) is 8.41 Å². The molecule has 0 spiro atoms. The summed E-state index contributed by atoms with van der Waals surface area (Å²) in [6, 6.07) is 0. The minimum atomic E-state index is -1.28. The molecular weight excluding hydrogens is 266 g/mol. The summed E-state index contributed by atoms with van der Waals surface area (Å²) in [6.45, 7) is 4.88. The van der Waals surface area contributed by atoms with Crippen LogP contribution in [0.25, 0.3) is 0 Å². The fourth-order valence-electron chi connectivity index (χ4n) is 1.27. The van der Waals surface area contributed by atoms with Crippen LogP contribution < -0.4 is 37.7 Å². The minimum Gasteiger partial charge on any atom is -0.344 e. The van der Waals surface area contributed by atoms with Crippen molar-refractivity contribution in [2.45, 2.75) is 13.1 Å². The molecule has 0 saturated carbocycles. The first-order valence-corrected chi connectivity index (χ1v) is 11.8. The number of rotatable bonds is 6. The standard InChI is InChI=1S/C8H18S4Si.2Li/c1-9-7(10-2)13(5,6)8(11-3)12-4;;/h1-6H3;;/q-2;2*+1. The molecule has 0 saturated heterocycles. The molecule has 0 aliphatic rings.